The van der Waals surface area contributed by atoms with Crippen LogP contribution in [0.5, 0.6) is 11.5 Å². The van der Waals surface area contributed by atoms with Crippen molar-refractivity contribution < 1.29 is 22.3 Å². The Morgan fingerprint density at radius 1 is 1.05 bits per heavy atom. The number of nitrogens with zero attached hydrogens (tertiary/aromatic N) is 7. The lowest BCUT2D eigenvalue weighted by atomic mass is 10.2. The van der Waals surface area contributed by atoms with Gasteiger partial charge in [0.25, 0.3) is 5.82 Å². The van der Waals surface area contributed by atoms with Gasteiger partial charge in [0.2, 0.25) is 5.82 Å². The maximum absolute atomic E-state index is 13.4. The molecule has 0 saturated carbocycles. The molecule has 190 valence electrons. The van der Waals surface area contributed by atoms with Gasteiger partial charge in [-0.3, -0.25) is 4.57 Å². The molecule has 0 N–H and O–H groups in total. The molecular weight excluding hydrogens is 501 g/mol. The highest BCUT2D eigenvalue weighted by Crippen LogP contribution is 2.36. The van der Waals surface area contributed by atoms with Gasteiger partial charge in [-0.15, -0.1) is 15.2 Å². The van der Waals surface area contributed by atoms with Gasteiger partial charge >= 0.3 is 0 Å². The molecule has 4 rings (SSSR count). The predicted octanol–water partition coefficient (Wildman–Crippen LogP) is 3.37. The van der Waals surface area contributed by atoms with E-state index in [9.17, 15) is 12.8 Å². The fourth-order valence-corrected chi connectivity index (χ4v) is 4.86. The van der Waals surface area contributed by atoms with Gasteiger partial charge in [-0.05, 0) is 31.2 Å². The number of hydrogen-bond acceptors (Lipinski definition) is 9. The zero-order valence-corrected chi connectivity index (χ0v) is 21.0. The number of sulfone groups is 1. The fourth-order valence-electron chi connectivity index (χ4n) is 3.62. The van der Waals surface area contributed by atoms with E-state index in [4.69, 9.17) is 16.0 Å². The van der Waals surface area contributed by atoms with Crippen LogP contribution in [0.2, 0.25) is 0 Å². The number of para-hydroxylation sites is 1. The number of rotatable bonds is 9. The molecule has 3 heterocycles. The third kappa shape index (κ3) is 5.39. The van der Waals surface area contributed by atoms with Gasteiger partial charge in [0, 0.05) is 6.42 Å². The molecule has 0 radical (unpaired) electrons. The quantitative estimate of drug-likeness (QED) is 0.303. The van der Waals surface area contributed by atoms with E-state index in [0.29, 0.717) is 22.9 Å². The van der Waals surface area contributed by atoms with Crippen molar-refractivity contribution in [2.24, 2.45) is 0 Å². The molecule has 0 fully saturated rings. The highest BCUT2D eigenvalue weighted by Gasteiger charge is 2.30. The normalized spacial score (nSPS) is 12.1. The van der Waals surface area contributed by atoms with Crippen LogP contribution in [-0.2, 0) is 22.0 Å². The molecule has 0 spiro atoms. The summed E-state index contributed by atoms with van der Waals surface area (Å²) in [5.41, 5.74) is 0.688. The van der Waals surface area contributed by atoms with Crippen LogP contribution in [0.15, 0.2) is 48.8 Å². The molecule has 11 nitrogen and oxygen atoms in total. The largest absolute Gasteiger partial charge is 0.494 e. The van der Waals surface area contributed by atoms with Gasteiger partial charge in [0.1, 0.15) is 28.8 Å². The van der Waals surface area contributed by atoms with Crippen LogP contribution >= 0.6 is 0 Å². The Balaban J connectivity index is 1.83. The summed E-state index contributed by atoms with van der Waals surface area (Å²) in [6.07, 6.45) is 1.96. The number of aromatic nitrogens is 6. The summed E-state index contributed by atoms with van der Waals surface area (Å²) in [4.78, 5) is 15.4. The van der Waals surface area contributed by atoms with Crippen LogP contribution in [0.25, 0.3) is 22.1 Å². The van der Waals surface area contributed by atoms with Crippen LogP contribution in [0.4, 0.5) is 10.2 Å². The number of halogens is 1. The highest BCUT2D eigenvalue weighted by molar-refractivity contribution is 7.91. The topological polar surface area (TPSA) is 126 Å². The first kappa shape index (κ1) is 25.6. The smallest absolute Gasteiger partial charge is 0.270 e. The van der Waals surface area contributed by atoms with E-state index in [0.717, 1.165) is 12.4 Å². The summed E-state index contributed by atoms with van der Waals surface area (Å²) < 4.78 is 52.5. The van der Waals surface area contributed by atoms with Crippen molar-refractivity contribution in [3.8, 4) is 28.7 Å². The number of methoxy groups -OCH3 is 2. The molecule has 3 aromatic heterocycles. The number of pyridine rings is 1. The number of hydrogen-bond donors (Lipinski definition) is 0. The Hall–Kier alpha value is -4.44. The molecule has 0 bridgehead atoms. The molecule has 13 heteroatoms. The lowest BCUT2D eigenvalue weighted by molar-refractivity contribution is 0.390. The van der Waals surface area contributed by atoms with Crippen molar-refractivity contribution in [3.63, 3.8) is 0 Å². The molecule has 0 unspecified atom stereocenters. The molecule has 37 heavy (non-hydrogen) atoms. The third-order valence-electron chi connectivity index (χ3n) is 5.52. The van der Waals surface area contributed by atoms with Gasteiger partial charge in [0.05, 0.1) is 31.9 Å². The second-order valence-corrected chi connectivity index (χ2v) is 10.3. The second kappa shape index (κ2) is 10.7. The van der Waals surface area contributed by atoms with Crippen molar-refractivity contribution in [3.05, 3.63) is 77.7 Å². The van der Waals surface area contributed by atoms with E-state index in [1.54, 1.807) is 36.4 Å². The third-order valence-corrected chi connectivity index (χ3v) is 7.57. The van der Waals surface area contributed by atoms with Gasteiger partial charge in [-0.1, -0.05) is 18.7 Å². The van der Waals surface area contributed by atoms with E-state index in [1.807, 2.05) is 0 Å². The highest BCUT2D eigenvalue weighted by atomic mass is 32.2. The number of benzene rings is 1. The monoisotopic (exact) mass is 523 g/mol. The first-order valence-electron chi connectivity index (χ1n) is 11.0. The maximum Gasteiger partial charge on any atom is 0.270 e. The minimum Gasteiger partial charge on any atom is -0.494 e. The zero-order valence-electron chi connectivity index (χ0n) is 20.2. The SMILES string of the molecule is [C-]#[N+]c1cccc(-c2nnc(CS(=O)(=O)[C@@H](C)Cc3ncc(F)cn3)n2-c2c(OC)cccc2OC)n1. The summed E-state index contributed by atoms with van der Waals surface area (Å²) in [6.45, 7) is 8.81. The average molecular weight is 524 g/mol. The van der Waals surface area contributed by atoms with Crippen molar-refractivity contribution >= 4 is 15.7 Å². The Bertz CT molecular complexity index is 1540. The van der Waals surface area contributed by atoms with E-state index < -0.39 is 26.7 Å². The van der Waals surface area contributed by atoms with Crippen molar-refractivity contribution in [2.75, 3.05) is 14.2 Å². The average Bonchev–Trinajstić information content (AvgIpc) is 3.31. The predicted molar refractivity (Wildman–Crippen MR) is 132 cm³/mol. The molecule has 1 aromatic carbocycles. The van der Waals surface area contributed by atoms with Crippen molar-refractivity contribution in [1.82, 2.24) is 29.7 Å². The molecular formula is C24H22FN7O4S. The van der Waals surface area contributed by atoms with Gasteiger partial charge in [0.15, 0.2) is 27.2 Å². The van der Waals surface area contributed by atoms with Crippen LogP contribution in [0, 0.1) is 12.4 Å². The van der Waals surface area contributed by atoms with Crippen LogP contribution in [-0.4, -0.2) is 57.6 Å². The Labute approximate surface area is 212 Å². The lowest BCUT2D eigenvalue weighted by Crippen LogP contribution is -2.24. The maximum atomic E-state index is 13.4. The van der Waals surface area contributed by atoms with Crippen molar-refractivity contribution in [2.45, 2.75) is 24.3 Å². The molecule has 4 aromatic rings. The first-order chi connectivity index (χ1) is 17.8. The summed E-state index contributed by atoms with van der Waals surface area (Å²) >= 11 is 0. The summed E-state index contributed by atoms with van der Waals surface area (Å²) in [5, 5.41) is 7.51. The Kier molecular flexibility index (Phi) is 7.40. The van der Waals surface area contributed by atoms with Gasteiger partial charge in [-0.25, -0.2) is 22.8 Å². The molecule has 0 amide bonds. The molecule has 0 aliphatic rings. The van der Waals surface area contributed by atoms with Crippen LogP contribution < -0.4 is 9.47 Å². The van der Waals surface area contributed by atoms with E-state index >= 15 is 0 Å². The van der Waals surface area contributed by atoms with Crippen LogP contribution in [0.3, 0.4) is 0 Å². The Morgan fingerprint density at radius 3 is 2.32 bits per heavy atom. The molecule has 0 saturated heterocycles. The Morgan fingerprint density at radius 2 is 1.70 bits per heavy atom. The summed E-state index contributed by atoms with van der Waals surface area (Å²) in [7, 11) is -0.874. The van der Waals surface area contributed by atoms with E-state index in [-0.39, 0.29) is 29.7 Å². The minimum absolute atomic E-state index is 0.0177. The molecule has 1 atom stereocenters. The minimum atomic E-state index is -3.82. The van der Waals surface area contributed by atoms with Crippen molar-refractivity contribution in [1.29, 1.82) is 0 Å². The van der Waals surface area contributed by atoms with Crippen LogP contribution in [0.1, 0.15) is 18.6 Å². The van der Waals surface area contributed by atoms with Gasteiger partial charge < -0.3 is 14.3 Å². The standard InChI is InChI=1S/C24H22FN7O4S/c1-15(11-21-27-12-16(25)13-28-21)37(33,34)14-22-30-31-24(17-7-5-10-20(26-2)29-17)32(22)23-18(35-3)8-6-9-19(23)36-4/h5-10,12-13,15H,11,14H2,1,3-4H3/t15-/m0/s1. The molecule has 0 aliphatic heterocycles. The molecule has 0 aliphatic carbocycles. The summed E-state index contributed by atoms with van der Waals surface area (Å²) in [6, 6.07) is 9.95. The van der Waals surface area contributed by atoms with E-state index in [1.165, 1.54) is 25.7 Å². The zero-order chi connectivity index (χ0) is 26.6. The van der Waals surface area contributed by atoms with Gasteiger partial charge in [-0.2, -0.15) is 0 Å². The fraction of sp³-hybridized carbons (Fsp3) is 0.250. The van der Waals surface area contributed by atoms with E-state index in [2.05, 4.69) is 30.0 Å². The first-order valence-corrected chi connectivity index (χ1v) is 12.7. The number of ether oxygens (including phenoxy) is 2. The second-order valence-electron chi connectivity index (χ2n) is 7.92. The summed E-state index contributed by atoms with van der Waals surface area (Å²) in [5.74, 6) is 0.286. The lowest BCUT2D eigenvalue weighted by Gasteiger charge is -2.17.